The maximum absolute atomic E-state index is 4.16. The molecular formula is C11H14BrN3. The molecule has 1 aromatic carbocycles. The summed E-state index contributed by atoms with van der Waals surface area (Å²) in [7, 11) is 0. The molecule has 1 aromatic rings. The quantitative estimate of drug-likeness (QED) is 0.703. The third-order valence-electron chi connectivity index (χ3n) is 2.17. The van der Waals surface area contributed by atoms with Crippen molar-refractivity contribution in [2.75, 3.05) is 6.54 Å². The first kappa shape index (κ1) is 12.1. The van der Waals surface area contributed by atoms with E-state index < -0.39 is 0 Å². The Balaban J connectivity index is 0.00000112. The molecule has 0 bridgehead atoms. The highest BCUT2D eigenvalue weighted by Gasteiger charge is 2.14. The number of nitrogens with one attached hydrogen (secondary N) is 1. The molecule has 1 aliphatic heterocycles. The summed E-state index contributed by atoms with van der Waals surface area (Å²) in [6.45, 7) is 3.16. The smallest absolute Gasteiger partial charge is 0.153 e. The second-order valence-corrected chi connectivity index (χ2v) is 3.34. The second-order valence-electron chi connectivity index (χ2n) is 3.34. The lowest BCUT2D eigenvalue weighted by Crippen LogP contribution is -3.01. The van der Waals surface area contributed by atoms with Crippen LogP contribution in [0.4, 0.5) is 0 Å². The van der Waals surface area contributed by atoms with Crippen molar-refractivity contribution in [3.8, 4) is 0 Å². The van der Waals surface area contributed by atoms with Crippen LogP contribution in [0.1, 0.15) is 18.9 Å². The molecule has 0 saturated heterocycles. The first-order chi connectivity index (χ1) is 6.90. The maximum Gasteiger partial charge on any atom is 0.153 e. The van der Waals surface area contributed by atoms with Crippen LogP contribution in [0.5, 0.6) is 0 Å². The Hall–Kier alpha value is -1.00. The lowest BCUT2D eigenvalue weighted by Gasteiger charge is -1.97. The van der Waals surface area contributed by atoms with Crippen molar-refractivity contribution in [2.24, 2.45) is 10.3 Å². The zero-order chi connectivity index (χ0) is 9.80. The number of benzene rings is 1. The minimum Gasteiger partial charge on any atom is -1.00 e. The van der Waals surface area contributed by atoms with Crippen LogP contribution < -0.4 is 22.0 Å². The van der Waals surface area contributed by atoms with E-state index in [9.17, 15) is 0 Å². The van der Waals surface area contributed by atoms with Crippen molar-refractivity contribution in [3.63, 3.8) is 0 Å². The molecule has 0 radical (unpaired) electrons. The van der Waals surface area contributed by atoms with Gasteiger partial charge in [-0.3, -0.25) is 0 Å². The molecule has 1 heterocycles. The zero-order valence-corrected chi connectivity index (χ0v) is 10.2. The molecule has 0 aliphatic carbocycles. The largest absolute Gasteiger partial charge is 1.00 e. The van der Waals surface area contributed by atoms with E-state index in [1.165, 1.54) is 0 Å². The topological polar surface area (TPSA) is 29.2 Å². The average molecular weight is 268 g/mol. The van der Waals surface area contributed by atoms with Gasteiger partial charge in [0.2, 0.25) is 0 Å². The molecule has 1 atom stereocenters. The molecule has 0 fully saturated rings. The summed E-state index contributed by atoms with van der Waals surface area (Å²) in [4.78, 5) is 0. The Kier molecular flexibility index (Phi) is 4.65. The highest BCUT2D eigenvalue weighted by molar-refractivity contribution is 5.63. The molecule has 1 unspecified atom stereocenters. The van der Waals surface area contributed by atoms with Crippen LogP contribution in [0, 0.1) is 0 Å². The zero-order valence-electron chi connectivity index (χ0n) is 8.65. The summed E-state index contributed by atoms with van der Waals surface area (Å²) in [5.41, 5.74) is 2.12. The lowest BCUT2D eigenvalue weighted by molar-refractivity contribution is -0.855. The van der Waals surface area contributed by atoms with E-state index in [4.69, 9.17) is 0 Å². The van der Waals surface area contributed by atoms with Gasteiger partial charge in [0, 0.05) is 10.8 Å². The first-order valence-electron chi connectivity index (χ1n) is 4.95. The Labute approximate surface area is 100 Å². The number of quaternary nitrogens is 1. The van der Waals surface area contributed by atoms with Crippen molar-refractivity contribution in [3.05, 3.63) is 42.1 Å². The lowest BCUT2D eigenvalue weighted by atomic mass is 10.2. The Bertz CT molecular complexity index is 359. The number of nitrogens with zero attached hydrogens (tertiary/aromatic N) is 2. The summed E-state index contributed by atoms with van der Waals surface area (Å²) in [6.07, 6.45) is 3.19. The van der Waals surface area contributed by atoms with Gasteiger partial charge in [-0.25, -0.2) is 0 Å². The molecule has 0 spiro atoms. The number of halogens is 1. The van der Waals surface area contributed by atoms with Gasteiger partial charge in [0.05, 0.1) is 0 Å². The van der Waals surface area contributed by atoms with Crippen molar-refractivity contribution in [1.82, 2.24) is 0 Å². The number of hydrogen-bond acceptors (Lipinski definition) is 2. The van der Waals surface area contributed by atoms with Crippen LogP contribution in [0.2, 0.25) is 0 Å². The summed E-state index contributed by atoms with van der Waals surface area (Å²) in [5.74, 6) is 0. The molecule has 1 aliphatic rings. The van der Waals surface area contributed by atoms with Gasteiger partial charge in [0.15, 0.2) is 11.9 Å². The number of rotatable bonds is 3. The number of hydrogen-bond donors (Lipinski definition) is 1. The maximum atomic E-state index is 4.16. The van der Waals surface area contributed by atoms with Gasteiger partial charge in [-0.1, -0.05) is 42.4 Å². The van der Waals surface area contributed by atoms with Crippen LogP contribution in [-0.2, 0) is 0 Å². The predicted octanol–water partition coefficient (Wildman–Crippen LogP) is -1.34. The summed E-state index contributed by atoms with van der Waals surface area (Å²) in [6, 6.07) is 10.2. The second kappa shape index (κ2) is 5.78. The summed E-state index contributed by atoms with van der Waals surface area (Å²) in [5, 5.41) is 9.38. The minimum atomic E-state index is 0. The van der Waals surface area contributed by atoms with Crippen molar-refractivity contribution in [1.29, 1.82) is 0 Å². The van der Waals surface area contributed by atoms with Gasteiger partial charge in [0.1, 0.15) is 6.54 Å². The fourth-order valence-corrected chi connectivity index (χ4v) is 1.46. The Morgan fingerprint density at radius 1 is 1.20 bits per heavy atom. The summed E-state index contributed by atoms with van der Waals surface area (Å²) >= 11 is 0. The molecule has 0 amide bonds. The monoisotopic (exact) mass is 267 g/mol. The minimum absolute atomic E-state index is 0. The van der Waals surface area contributed by atoms with Gasteiger partial charge < -0.3 is 17.0 Å². The molecular weight excluding hydrogens is 254 g/mol. The fourth-order valence-electron chi connectivity index (χ4n) is 1.46. The first-order valence-corrected chi connectivity index (χ1v) is 4.95. The van der Waals surface area contributed by atoms with Crippen molar-refractivity contribution in [2.45, 2.75) is 13.3 Å². The highest BCUT2D eigenvalue weighted by atomic mass is 79.9. The van der Waals surface area contributed by atoms with Gasteiger partial charge in [0.25, 0.3) is 0 Å². The van der Waals surface area contributed by atoms with E-state index in [1.54, 1.807) is 0 Å². The molecule has 80 valence electrons. The van der Waals surface area contributed by atoms with E-state index in [0.29, 0.717) is 0 Å². The Morgan fingerprint density at radius 2 is 1.93 bits per heavy atom. The molecule has 3 nitrogen and oxygen atoms in total. The summed E-state index contributed by atoms with van der Waals surface area (Å²) < 4.78 is 0. The molecule has 0 aromatic heterocycles. The standard InChI is InChI=1S/C11H13N3.BrH/c1-2-8-14-9-11(12-13-14)10-6-4-3-5-7-10;/h3-7,9H,2,8H2,1H3;1H. The van der Waals surface area contributed by atoms with E-state index >= 15 is 0 Å². The van der Waals surface area contributed by atoms with Crippen molar-refractivity contribution >= 4 is 5.70 Å². The van der Waals surface area contributed by atoms with Gasteiger partial charge in [-0.2, -0.15) is 5.01 Å². The normalized spacial score (nSPS) is 18.5. The molecule has 0 saturated carbocycles. The van der Waals surface area contributed by atoms with Crippen LogP contribution in [0.15, 0.2) is 46.9 Å². The predicted molar refractivity (Wildman–Crippen MR) is 55.4 cm³/mol. The van der Waals surface area contributed by atoms with Crippen molar-refractivity contribution < 1.29 is 22.0 Å². The third kappa shape index (κ3) is 2.97. The van der Waals surface area contributed by atoms with Crippen LogP contribution >= 0.6 is 0 Å². The van der Waals surface area contributed by atoms with E-state index in [0.717, 1.165) is 29.2 Å². The van der Waals surface area contributed by atoms with E-state index in [1.807, 2.05) is 18.2 Å². The Morgan fingerprint density at radius 3 is 2.60 bits per heavy atom. The fraction of sp³-hybridized carbons (Fsp3) is 0.273. The van der Waals surface area contributed by atoms with Crippen LogP contribution in [0.25, 0.3) is 5.70 Å². The van der Waals surface area contributed by atoms with Gasteiger partial charge in [-0.05, 0) is 6.42 Å². The SMILES string of the molecule is CCC[NH+]1C=C(c2ccccc2)N=N1.[Br-]. The highest BCUT2D eigenvalue weighted by Crippen LogP contribution is 2.15. The van der Waals surface area contributed by atoms with E-state index in [-0.39, 0.29) is 17.0 Å². The molecule has 4 heteroatoms. The molecule has 2 rings (SSSR count). The van der Waals surface area contributed by atoms with Crippen LogP contribution in [-0.4, -0.2) is 6.54 Å². The van der Waals surface area contributed by atoms with Gasteiger partial charge in [-0.15, -0.1) is 0 Å². The third-order valence-corrected chi connectivity index (χ3v) is 2.17. The molecule has 1 N–H and O–H groups in total. The van der Waals surface area contributed by atoms with E-state index in [2.05, 4.69) is 35.6 Å². The van der Waals surface area contributed by atoms with Gasteiger partial charge >= 0.3 is 0 Å². The molecule has 15 heavy (non-hydrogen) atoms. The van der Waals surface area contributed by atoms with Crippen LogP contribution in [0.3, 0.4) is 0 Å². The average Bonchev–Trinajstić information content (AvgIpc) is 2.68.